The van der Waals surface area contributed by atoms with Crippen LogP contribution in [0.4, 0.5) is 5.69 Å². The lowest BCUT2D eigenvalue weighted by atomic mass is 10.2. The van der Waals surface area contributed by atoms with Gasteiger partial charge >= 0.3 is 5.97 Å². The van der Waals surface area contributed by atoms with Crippen molar-refractivity contribution >= 4 is 23.4 Å². The maximum absolute atomic E-state index is 11.1. The van der Waals surface area contributed by atoms with Gasteiger partial charge < -0.3 is 9.52 Å². The van der Waals surface area contributed by atoms with Gasteiger partial charge in [0.25, 0.3) is 10.9 Å². The lowest BCUT2D eigenvalue weighted by molar-refractivity contribution is -0.387. The van der Waals surface area contributed by atoms with Gasteiger partial charge in [0.05, 0.1) is 16.2 Å². The Morgan fingerprint density at radius 2 is 2.26 bits per heavy atom. The smallest absolute Gasteiger partial charge is 0.337 e. The van der Waals surface area contributed by atoms with Crippen molar-refractivity contribution in [3.63, 3.8) is 0 Å². The van der Waals surface area contributed by atoms with Crippen molar-refractivity contribution in [3.8, 4) is 0 Å². The standard InChI is InChI=1S/C11H8N2O5S/c1-6-5-18-11(12-6)19-9-7(10(14)15)3-2-4-8(9)13(16)17/h2-5H,1H3,(H,14,15). The summed E-state index contributed by atoms with van der Waals surface area (Å²) >= 11 is 0.818. The molecule has 0 fully saturated rings. The van der Waals surface area contributed by atoms with E-state index in [0.717, 1.165) is 11.8 Å². The molecule has 8 heteroatoms. The van der Waals surface area contributed by atoms with Gasteiger partial charge in [0, 0.05) is 6.07 Å². The lowest BCUT2D eigenvalue weighted by Crippen LogP contribution is -2.02. The number of nitrogens with zero attached hydrogens (tertiary/aromatic N) is 2. The molecular formula is C11H8N2O5S. The van der Waals surface area contributed by atoms with Gasteiger partial charge in [-0.1, -0.05) is 6.07 Å². The van der Waals surface area contributed by atoms with Crippen molar-refractivity contribution < 1.29 is 19.2 Å². The second kappa shape index (κ2) is 5.11. The molecule has 0 saturated carbocycles. The fraction of sp³-hybridized carbons (Fsp3) is 0.0909. The minimum atomic E-state index is -1.24. The fourth-order valence-corrected chi connectivity index (χ4v) is 2.38. The van der Waals surface area contributed by atoms with Crippen LogP contribution in [0.3, 0.4) is 0 Å². The van der Waals surface area contributed by atoms with E-state index >= 15 is 0 Å². The van der Waals surface area contributed by atoms with Crippen LogP contribution in [-0.2, 0) is 0 Å². The van der Waals surface area contributed by atoms with Crippen LogP contribution in [-0.4, -0.2) is 21.0 Å². The molecule has 2 aromatic rings. The normalized spacial score (nSPS) is 10.4. The van der Waals surface area contributed by atoms with E-state index in [9.17, 15) is 14.9 Å². The molecule has 0 radical (unpaired) electrons. The van der Waals surface area contributed by atoms with Gasteiger partial charge in [-0.15, -0.1) is 0 Å². The lowest BCUT2D eigenvalue weighted by Gasteiger charge is -2.03. The second-order valence-electron chi connectivity index (χ2n) is 3.57. The Morgan fingerprint density at radius 1 is 1.53 bits per heavy atom. The van der Waals surface area contributed by atoms with Gasteiger partial charge in [-0.05, 0) is 24.8 Å². The molecule has 1 aromatic heterocycles. The molecule has 1 aromatic carbocycles. The number of hydrogen-bond acceptors (Lipinski definition) is 6. The van der Waals surface area contributed by atoms with Crippen LogP contribution in [0, 0.1) is 17.0 Å². The molecule has 0 aliphatic heterocycles. The zero-order valence-electron chi connectivity index (χ0n) is 9.69. The average molecular weight is 280 g/mol. The molecular weight excluding hydrogens is 272 g/mol. The number of aryl methyl sites for hydroxylation is 1. The van der Waals surface area contributed by atoms with Crippen LogP contribution >= 0.6 is 11.8 Å². The molecule has 0 aliphatic rings. The number of rotatable bonds is 4. The predicted octanol–water partition coefficient (Wildman–Crippen LogP) is 2.74. The Bertz CT molecular complexity index is 620. The topological polar surface area (TPSA) is 106 Å². The van der Waals surface area contributed by atoms with E-state index < -0.39 is 10.9 Å². The largest absolute Gasteiger partial charge is 0.478 e. The van der Waals surface area contributed by atoms with Crippen LogP contribution < -0.4 is 0 Å². The zero-order chi connectivity index (χ0) is 14.0. The predicted molar refractivity (Wildman–Crippen MR) is 65.4 cm³/mol. The number of benzene rings is 1. The number of aromatic nitrogens is 1. The Kier molecular flexibility index (Phi) is 3.52. The number of carbonyl (C=O) groups is 1. The van der Waals surface area contributed by atoms with Gasteiger partial charge in [-0.3, -0.25) is 10.1 Å². The summed E-state index contributed by atoms with van der Waals surface area (Å²) in [5.74, 6) is -1.24. The zero-order valence-corrected chi connectivity index (χ0v) is 10.5. The van der Waals surface area contributed by atoms with Crippen molar-refractivity contribution in [1.82, 2.24) is 4.98 Å². The highest BCUT2D eigenvalue weighted by Crippen LogP contribution is 2.37. The van der Waals surface area contributed by atoms with E-state index in [1.165, 1.54) is 24.5 Å². The molecule has 0 bridgehead atoms. The third kappa shape index (κ3) is 2.74. The summed E-state index contributed by atoms with van der Waals surface area (Å²) in [6.45, 7) is 1.70. The van der Waals surface area contributed by atoms with Crippen LogP contribution in [0.1, 0.15) is 16.1 Å². The van der Waals surface area contributed by atoms with Crippen LogP contribution in [0.15, 0.2) is 39.0 Å². The maximum atomic E-state index is 11.1. The minimum absolute atomic E-state index is 0.00171. The third-order valence-corrected chi connectivity index (χ3v) is 3.20. The molecule has 1 heterocycles. The van der Waals surface area contributed by atoms with Crippen molar-refractivity contribution in [2.24, 2.45) is 0 Å². The van der Waals surface area contributed by atoms with Crippen molar-refractivity contribution in [1.29, 1.82) is 0 Å². The minimum Gasteiger partial charge on any atom is -0.478 e. The maximum Gasteiger partial charge on any atom is 0.337 e. The van der Waals surface area contributed by atoms with E-state index in [-0.39, 0.29) is 21.4 Å². The summed E-state index contributed by atoms with van der Waals surface area (Å²) in [5, 5.41) is 20.2. The average Bonchev–Trinajstić information content (AvgIpc) is 2.74. The van der Waals surface area contributed by atoms with E-state index in [2.05, 4.69) is 4.98 Å². The van der Waals surface area contributed by atoms with Crippen LogP contribution in [0.25, 0.3) is 0 Å². The molecule has 7 nitrogen and oxygen atoms in total. The van der Waals surface area contributed by atoms with Crippen molar-refractivity contribution in [3.05, 3.63) is 45.8 Å². The summed E-state index contributed by atoms with van der Waals surface area (Å²) < 4.78 is 5.07. The number of nitro benzene ring substituents is 1. The molecule has 0 atom stereocenters. The fourth-order valence-electron chi connectivity index (χ4n) is 1.41. The molecule has 19 heavy (non-hydrogen) atoms. The molecule has 0 spiro atoms. The molecule has 0 unspecified atom stereocenters. The first-order chi connectivity index (χ1) is 8.99. The molecule has 98 valence electrons. The van der Waals surface area contributed by atoms with Crippen molar-refractivity contribution in [2.45, 2.75) is 17.0 Å². The molecule has 0 amide bonds. The highest BCUT2D eigenvalue weighted by molar-refractivity contribution is 7.99. The summed E-state index contributed by atoms with van der Waals surface area (Å²) in [6, 6.07) is 3.87. The van der Waals surface area contributed by atoms with E-state index in [0.29, 0.717) is 5.69 Å². The highest BCUT2D eigenvalue weighted by atomic mass is 32.2. The van der Waals surface area contributed by atoms with Gasteiger partial charge in [0.15, 0.2) is 0 Å². The Morgan fingerprint density at radius 3 is 2.79 bits per heavy atom. The number of carboxylic acids is 1. The Labute approximate surface area is 111 Å². The van der Waals surface area contributed by atoms with Gasteiger partial charge in [0.2, 0.25) is 0 Å². The summed E-state index contributed by atoms with van der Waals surface area (Å²) in [6.07, 6.45) is 1.39. The van der Waals surface area contributed by atoms with Crippen LogP contribution in [0.2, 0.25) is 0 Å². The van der Waals surface area contributed by atoms with E-state index in [4.69, 9.17) is 9.52 Å². The van der Waals surface area contributed by atoms with Gasteiger partial charge in [-0.25, -0.2) is 9.78 Å². The number of carboxylic acid groups (broad SMARTS) is 1. The highest BCUT2D eigenvalue weighted by Gasteiger charge is 2.23. The first-order valence-corrected chi connectivity index (χ1v) is 5.91. The quantitative estimate of drug-likeness (QED) is 0.677. The SMILES string of the molecule is Cc1coc(Sc2c(C(=O)O)cccc2[N+](=O)[O-])n1. The monoisotopic (exact) mass is 280 g/mol. The summed E-state index contributed by atoms with van der Waals surface area (Å²) in [4.78, 5) is 25.4. The molecule has 2 rings (SSSR count). The number of hydrogen-bond donors (Lipinski definition) is 1. The Hall–Kier alpha value is -2.35. The number of nitro groups is 1. The summed E-state index contributed by atoms with van der Waals surface area (Å²) in [5.41, 5.74) is 0.161. The molecule has 0 saturated heterocycles. The first-order valence-electron chi connectivity index (χ1n) is 5.09. The van der Waals surface area contributed by atoms with Gasteiger partial charge in [-0.2, -0.15) is 0 Å². The number of oxazole rings is 1. The number of aromatic carboxylic acids is 1. The van der Waals surface area contributed by atoms with Crippen molar-refractivity contribution in [2.75, 3.05) is 0 Å². The third-order valence-electron chi connectivity index (χ3n) is 2.21. The Balaban J connectivity index is 2.52. The summed E-state index contributed by atoms with van der Waals surface area (Å²) in [7, 11) is 0. The van der Waals surface area contributed by atoms with E-state index in [1.54, 1.807) is 6.92 Å². The molecule has 0 aliphatic carbocycles. The van der Waals surface area contributed by atoms with Crippen LogP contribution in [0.5, 0.6) is 0 Å². The molecule has 1 N–H and O–H groups in total. The van der Waals surface area contributed by atoms with Gasteiger partial charge in [0.1, 0.15) is 11.2 Å². The van der Waals surface area contributed by atoms with E-state index in [1.807, 2.05) is 0 Å². The second-order valence-corrected chi connectivity index (χ2v) is 4.53. The first kappa shape index (κ1) is 13.1.